The van der Waals surface area contributed by atoms with Crippen molar-refractivity contribution in [2.75, 3.05) is 18.5 Å². The maximum atomic E-state index is 11.1. The minimum Gasteiger partial charge on any atom is -0.377 e. The fourth-order valence-corrected chi connectivity index (χ4v) is 1.74. The van der Waals surface area contributed by atoms with Crippen LogP contribution in [0.5, 0.6) is 0 Å². The van der Waals surface area contributed by atoms with Crippen LogP contribution in [0.4, 0.5) is 11.4 Å². The third-order valence-electron chi connectivity index (χ3n) is 2.72. The highest BCUT2D eigenvalue weighted by molar-refractivity contribution is 5.94. The van der Waals surface area contributed by atoms with Gasteiger partial charge in [-0.15, -0.1) is 0 Å². The van der Waals surface area contributed by atoms with E-state index in [9.17, 15) is 14.9 Å². The Kier molecular flexibility index (Phi) is 5.04. The summed E-state index contributed by atoms with van der Waals surface area (Å²) in [5.41, 5.74) is 5.05. The van der Waals surface area contributed by atoms with Crippen LogP contribution in [0.25, 0.3) is 0 Å². The number of carbonyl (C=O) groups excluding carboxylic acids is 1. The van der Waals surface area contributed by atoms with Crippen molar-refractivity contribution in [3.63, 3.8) is 0 Å². The number of ether oxygens (including phenoxy) is 1. The second-order valence-corrected chi connectivity index (χ2v) is 4.90. The Bertz CT molecular complexity index is 514. The van der Waals surface area contributed by atoms with E-state index in [0.29, 0.717) is 13.2 Å². The molecule has 0 saturated heterocycles. The van der Waals surface area contributed by atoms with Crippen molar-refractivity contribution in [2.24, 2.45) is 5.73 Å². The number of hydrogen-bond acceptors (Lipinski definition) is 5. The summed E-state index contributed by atoms with van der Waals surface area (Å²) in [6.07, 6.45) is 0. The first kappa shape index (κ1) is 15.9. The number of nitrogens with zero attached hydrogens (tertiary/aromatic N) is 1. The van der Waals surface area contributed by atoms with Crippen LogP contribution in [0.15, 0.2) is 18.2 Å². The van der Waals surface area contributed by atoms with E-state index in [4.69, 9.17) is 10.5 Å². The minimum atomic E-state index is -0.632. The van der Waals surface area contributed by atoms with Gasteiger partial charge in [0.1, 0.15) is 5.69 Å². The lowest BCUT2D eigenvalue weighted by molar-refractivity contribution is -0.384. The van der Waals surface area contributed by atoms with E-state index in [1.807, 2.05) is 20.8 Å². The Morgan fingerprint density at radius 2 is 2.15 bits per heavy atom. The van der Waals surface area contributed by atoms with Crippen LogP contribution in [0, 0.1) is 10.1 Å². The number of nitrogens with two attached hydrogens (primary N) is 1. The van der Waals surface area contributed by atoms with Crippen LogP contribution in [0.2, 0.25) is 0 Å². The Morgan fingerprint density at radius 1 is 1.50 bits per heavy atom. The number of anilines is 1. The van der Waals surface area contributed by atoms with Crippen LogP contribution in [-0.2, 0) is 4.74 Å². The number of benzene rings is 1. The van der Waals surface area contributed by atoms with Crippen molar-refractivity contribution >= 4 is 17.3 Å². The molecule has 0 aliphatic carbocycles. The predicted octanol–water partition coefficient (Wildman–Crippen LogP) is 1.92. The highest BCUT2D eigenvalue weighted by Crippen LogP contribution is 2.26. The number of rotatable bonds is 7. The molecule has 20 heavy (non-hydrogen) atoms. The fourth-order valence-electron chi connectivity index (χ4n) is 1.74. The maximum Gasteiger partial charge on any atom is 0.292 e. The van der Waals surface area contributed by atoms with Gasteiger partial charge in [0.05, 0.1) is 10.5 Å². The van der Waals surface area contributed by atoms with Gasteiger partial charge in [0.15, 0.2) is 0 Å². The van der Waals surface area contributed by atoms with Crippen molar-refractivity contribution in [1.29, 1.82) is 0 Å². The third kappa shape index (κ3) is 4.20. The quantitative estimate of drug-likeness (QED) is 0.586. The largest absolute Gasteiger partial charge is 0.377 e. The first-order chi connectivity index (χ1) is 9.26. The number of primary amides is 1. The molecular weight excluding hydrogens is 262 g/mol. The number of amides is 1. The Morgan fingerprint density at radius 3 is 2.65 bits per heavy atom. The van der Waals surface area contributed by atoms with Crippen molar-refractivity contribution in [1.82, 2.24) is 0 Å². The summed E-state index contributed by atoms with van der Waals surface area (Å²) in [5, 5.41) is 13.9. The molecular formula is C13H19N3O4. The number of hydrogen-bond donors (Lipinski definition) is 2. The molecule has 1 aromatic carbocycles. The van der Waals surface area contributed by atoms with Gasteiger partial charge in [-0.1, -0.05) is 0 Å². The third-order valence-corrected chi connectivity index (χ3v) is 2.72. The highest BCUT2D eigenvalue weighted by atomic mass is 16.6. The maximum absolute atomic E-state index is 11.1. The molecule has 0 heterocycles. The molecule has 0 aliphatic rings. The van der Waals surface area contributed by atoms with Crippen LogP contribution in [-0.4, -0.2) is 29.6 Å². The van der Waals surface area contributed by atoms with Gasteiger partial charge in [-0.2, -0.15) is 0 Å². The lowest BCUT2D eigenvalue weighted by Gasteiger charge is -2.25. The lowest BCUT2D eigenvalue weighted by atomic mass is 10.1. The van der Waals surface area contributed by atoms with Crippen LogP contribution in [0.3, 0.4) is 0 Å². The van der Waals surface area contributed by atoms with Gasteiger partial charge in [-0.3, -0.25) is 14.9 Å². The first-order valence-electron chi connectivity index (χ1n) is 6.23. The van der Waals surface area contributed by atoms with Gasteiger partial charge in [-0.25, -0.2) is 0 Å². The van der Waals surface area contributed by atoms with E-state index >= 15 is 0 Å². The van der Waals surface area contributed by atoms with Crippen LogP contribution < -0.4 is 11.1 Å². The van der Waals surface area contributed by atoms with Gasteiger partial charge in [-0.05, 0) is 32.9 Å². The average molecular weight is 281 g/mol. The van der Waals surface area contributed by atoms with E-state index in [-0.39, 0.29) is 16.9 Å². The summed E-state index contributed by atoms with van der Waals surface area (Å²) in [6.45, 7) is 6.51. The lowest BCUT2D eigenvalue weighted by Crippen LogP contribution is -2.33. The summed E-state index contributed by atoms with van der Waals surface area (Å²) in [5.74, 6) is -0.632. The average Bonchev–Trinajstić information content (AvgIpc) is 2.35. The normalized spacial score (nSPS) is 11.2. The molecule has 1 rings (SSSR count). The van der Waals surface area contributed by atoms with E-state index in [0.717, 1.165) is 0 Å². The predicted molar refractivity (Wildman–Crippen MR) is 75.8 cm³/mol. The first-order valence-corrected chi connectivity index (χ1v) is 6.23. The molecule has 0 saturated carbocycles. The molecule has 0 spiro atoms. The van der Waals surface area contributed by atoms with Gasteiger partial charge in [0.25, 0.3) is 5.69 Å². The Hall–Kier alpha value is -2.15. The summed E-state index contributed by atoms with van der Waals surface area (Å²) in [6, 6.07) is 3.97. The molecule has 0 fully saturated rings. The van der Waals surface area contributed by atoms with E-state index in [2.05, 4.69) is 5.32 Å². The standard InChI is InChI=1S/C13H19N3O4/c1-4-20-13(2,3)8-15-10-7-9(12(14)17)5-6-11(10)16(18)19/h5-7,15H,4,8H2,1-3H3,(H2,14,17). The SMILES string of the molecule is CCOC(C)(C)CNc1cc(C(N)=O)ccc1[N+](=O)[O-]. The zero-order valence-corrected chi connectivity index (χ0v) is 11.8. The van der Waals surface area contributed by atoms with Gasteiger partial charge in [0, 0.05) is 24.8 Å². The summed E-state index contributed by atoms with van der Waals surface area (Å²) in [7, 11) is 0. The molecule has 1 aromatic rings. The number of nitrogens with one attached hydrogen (secondary N) is 1. The van der Waals surface area contributed by atoms with Crippen LogP contribution >= 0.6 is 0 Å². The van der Waals surface area contributed by atoms with Gasteiger partial charge in [0.2, 0.25) is 5.91 Å². The Balaban J connectivity index is 2.99. The van der Waals surface area contributed by atoms with E-state index < -0.39 is 16.4 Å². The molecule has 0 atom stereocenters. The second-order valence-electron chi connectivity index (χ2n) is 4.90. The van der Waals surface area contributed by atoms with Crippen LogP contribution in [0.1, 0.15) is 31.1 Å². The topological polar surface area (TPSA) is 107 Å². The van der Waals surface area contributed by atoms with E-state index in [1.165, 1.54) is 18.2 Å². The summed E-state index contributed by atoms with van der Waals surface area (Å²) < 4.78 is 5.51. The molecule has 0 unspecified atom stereocenters. The molecule has 0 bridgehead atoms. The molecule has 7 heteroatoms. The molecule has 110 valence electrons. The monoisotopic (exact) mass is 281 g/mol. The van der Waals surface area contributed by atoms with Crippen molar-refractivity contribution in [3.05, 3.63) is 33.9 Å². The minimum absolute atomic E-state index is 0.109. The zero-order chi connectivity index (χ0) is 15.3. The van der Waals surface area contributed by atoms with Crippen molar-refractivity contribution in [3.8, 4) is 0 Å². The smallest absolute Gasteiger partial charge is 0.292 e. The summed E-state index contributed by atoms with van der Waals surface area (Å²) in [4.78, 5) is 21.6. The highest BCUT2D eigenvalue weighted by Gasteiger charge is 2.21. The Labute approximate surface area is 117 Å². The molecule has 3 N–H and O–H groups in total. The molecule has 0 aromatic heterocycles. The zero-order valence-electron chi connectivity index (χ0n) is 11.8. The van der Waals surface area contributed by atoms with E-state index in [1.54, 1.807) is 0 Å². The second kappa shape index (κ2) is 6.33. The molecule has 0 radical (unpaired) electrons. The fraction of sp³-hybridized carbons (Fsp3) is 0.462. The summed E-state index contributed by atoms with van der Waals surface area (Å²) >= 11 is 0. The van der Waals surface area contributed by atoms with Crippen molar-refractivity contribution < 1.29 is 14.5 Å². The van der Waals surface area contributed by atoms with Gasteiger partial charge < -0.3 is 15.8 Å². The number of nitro benzene ring substituents is 1. The molecule has 7 nitrogen and oxygen atoms in total. The molecule has 1 amide bonds. The number of carbonyl (C=O) groups is 1. The number of nitro groups is 1. The van der Waals surface area contributed by atoms with Crippen molar-refractivity contribution in [2.45, 2.75) is 26.4 Å². The molecule has 0 aliphatic heterocycles. The van der Waals surface area contributed by atoms with Gasteiger partial charge >= 0.3 is 0 Å².